The summed E-state index contributed by atoms with van der Waals surface area (Å²) in [6.45, 7) is 4.73. The lowest BCUT2D eigenvalue weighted by Gasteiger charge is -2.16. The number of aromatic carboxylic acids is 1. The number of carbonyl (C=O) groups excluding carboxylic acids is 1. The van der Waals surface area contributed by atoms with Crippen molar-refractivity contribution in [3.8, 4) is 0 Å². The summed E-state index contributed by atoms with van der Waals surface area (Å²) in [5.41, 5.74) is 3.28. The number of hydrogen-bond acceptors (Lipinski definition) is 4. The molecule has 0 saturated heterocycles. The van der Waals surface area contributed by atoms with Crippen molar-refractivity contribution < 1.29 is 14.7 Å². The molecule has 144 valence electrons. The standard InChI is InChI=1S/C21H20ClN3O3/c1-4-24(3)15-7-5-14(6-8-15)11-17-13(2)23-25(20(17)26)16-9-10-19(22)18(12-16)21(27)28/h5-12H,4H2,1-3H3,(H,27,28)/b17-11+. The van der Waals surface area contributed by atoms with E-state index in [1.807, 2.05) is 31.3 Å². The lowest BCUT2D eigenvalue weighted by atomic mass is 10.1. The largest absolute Gasteiger partial charge is 0.478 e. The van der Waals surface area contributed by atoms with Crippen molar-refractivity contribution in [1.82, 2.24) is 0 Å². The van der Waals surface area contributed by atoms with Crippen molar-refractivity contribution >= 4 is 46.6 Å². The molecular weight excluding hydrogens is 378 g/mol. The first-order chi connectivity index (χ1) is 13.3. The molecule has 1 aliphatic heterocycles. The summed E-state index contributed by atoms with van der Waals surface area (Å²) in [7, 11) is 2.01. The van der Waals surface area contributed by atoms with Gasteiger partial charge in [0.1, 0.15) is 0 Å². The molecule has 0 saturated carbocycles. The zero-order chi connectivity index (χ0) is 20.4. The van der Waals surface area contributed by atoms with Gasteiger partial charge in [-0.3, -0.25) is 4.79 Å². The van der Waals surface area contributed by atoms with Crippen molar-refractivity contribution in [3.63, 3.8) is 0 Å². The highest BCUT2D eigenvalue weighted by Gasteiger charge is 2.29. The second-order valence-electron chi connectivity index (χ2n) is 6.44. The quantitative estimate of drug-likeness (QED) is 0.763. The van der Waals surface area contributed by atoms with Gasteiger partial charge in [0.25, 0.3) is 5.91 Å². The van der Waals surface area contributed by atoms with E-state index in [0.29, 0.717) is 17.0 Å². The topological polar surface area (TPSA) is 73.2 Å². The minimum absolute atomic E-state index is 0.0760. The van der Waals surface area contributed by atoms with E-state index in [0.717, 1.165) is 17.8 Å². The number of hydrazone groups is 1. The van der Waals surface area contributed by atoms with Crippen LogP contribution in [0.3, 0.4) is 0 Å². The first-order valence-electron chi connectivity index (χ1n) is 8.77. The Kier molecular flexibility index (Phi) is 5.51. The molecule has 0 bridgehead atoms. The van der Waals surface area contributed by atoms with E-state index in [1.54, 1.807) is 19.1 Å². The van der Waals surface area contributed by atoms with Crippen LogP contribution in [0.4, 0.5) is 11.4 Å². The van der Waals surface area contributed by atoms with Crippen molar-refractivity contribution in [3.05, 3.63) is 64.2 Å². The monoisotopic (exact) mass is 397 g/mol. The van der Waals surface area contributed by atoms with Crippen LogP contribution in [0.15, 0.2) is 53.1 Å². The predicted molar refractivity (Wildman–Crippen MR) is 112 cm³/mol. The van der Waals surface area contributed by atoms with Crippen LogP contribution in [0.25, 0.3) is 6.08 Å². The number of carboxylic acids is 1. The second-order valence-corrected chi connectivity index (χ2v) is 6.84. The fourth-order valence-electron chi connectivity index (χ4n) is 2.84. The van der Waals surface area contributed by atoms with Gasteiger partial charge in [-0.2, -0.15) is 10.1 Å². The highest BCUT2D eigenvalue weighted by Crippen LogP contribution is 2.29. The van der Waals surface area contributed by atoms with E-state index in [-0.39, 0.29) is 16.5 Å². The van der Waals surface area contributed by atoms with Gasteiger partial charge in [-0.05, 0) is 55.8 Å². The van der Waals surface area contributed by atoms with Crippen LogP contribution in [0.5, 0.6) is 0 Å². The second kappa shape index (κ2) is 7.86. The van der Waals surface area contributed by atoms with Crippen LogP contribution in [-0.4, -0.2) is 36.3 Å². The molecule has 0 spiro atoms. The summed E-state index contributed by atoms with van der Waals surface area (Å²) < 4.78 is 0. The van der Waals surface area contributed by atoms with Crippen LogP contribution < -0.4 is 9.91 Å². The van der Waals surface area contributed by atoms with Gasteiger partial charge in [-0.25, -0.2) is 4.79 Å². The maximum atomic E-state index is 12.9. The number of carbonyl (C=O) groups is 2. The lowest BCUT2D eigenvalue weighted by Crippen LogP contribution is -2.21. The summed E-state index contributed by atoms with van der Waals surface area (Å²) in [5, 5.41) is 14.8. The molecule has 0 radical (unpaired) electrons. The zero-order valence-corrected chi connectivity index (χ0v) is 16.6. The van der Waals surface area contributed by atoms with Gasteiger partial charge in [0.05, 0.1) is 27.6 Å². The summed E-state index contributed by atoms with van der Waals surface area (Å²) >= 11 is 5.91. The van der Waals surface area contributed by atoms with E-state index < -0.39 is 5.97 Å². The van der Waals surface area contributed by atoms with E-state index in [2.05, 4.69) is 16.9 Å². The van der Waals surface area contributed by atoms with Gasteiger partial charge >= 0.3 is 5.97 Å². The molecule has 0 unspecified atom stereocenters. The minimum atomic E-state index is -1.16. The van der Waals surface area contributed by atoms with E-state index in [4.69, 9.17) is 11.6 Å². The fraction of sp³-hybridized carbons (Fsp3) is 0.190. The number of hydrogen-bond donors (Lipinski definition) is 1. The van der Waals surface area contributed by atoms with Crippen LogP contribution in [0.1, 0.15) is 29.8 Å². The molecule has 2 aromatic rings. The molecule has 6 nitrogen and oxygen atoms in total. The summed E-state index contributed by atoms with van der Waals surface area (Å²) in [4.78, 5) is 26.3. The third-order valence-corrected chi connectivity index (χ3v) is 4.94. The Hall–Kier alpha value is -3.12. The third-order valence-electron chi connectivity index (χ3n) is 4.61. The van der Waals surface area contributed by atoms with Gasteiger partial charge in [0.2, 0.25) is 0 Å². The first-order valence-corrected chi connectivity index (χ1v) is 9.15. The Morgan fingerprint density at radius 2 is 1.93 bits per heavy atom. The number of halogens is 1. The molecule has 28 heavy (non-hydrogen) atoms. The van der Waals surface area contributed by atoms with Gasteiger partial charge < -0.3 is 10.0 Å². The van der Waals surface area contributed by atoms with Gasteiger partial charge in [-0.1, -0.05) is 23.7 Å². The summed E-state index contributed by atoms with van der Waals surface area (Å²) in [6, 6.07) is 12.3. The highest BCUT2D eigenvalue weighted by atomic mass is 35.5. The maximum absolute atomic E-state index is 12.9. The first kappa shape index (κ1) is 19.6. The van der Waals surface area contributed by atoms with Crippen LogP contribution in [0.2, 0.25) is 5.02 Å². The number of amides is 1. The Bertz CT molecular complexity index is 996. The number of carboxylic acid groups (broad SMARTS) is 1. The van der Waals surface area contributed by atoms with Gasteiger partial charge in [0.15, 0.2) is 0 Å². The number of nitrogens with zero attached hydrogens (tertiary/aromatic N) is 3. The molecule has 0 atom stereocenters. The van der Waals surface area contributed by atoms with E-state index >= 15 is 0 Å². The Balaban J connectivity index is 1.90. The molecule has 2 aromatic carbocycles. The number of rotatable bonds is 5. The van der Waals surface area contributed by atoms with Crippen molar-refractivity contribution in [2.24, 2.45) is 5.10 Å². The Morgan fingerprint density at radius 3 is 2.54 bits per heavy atom. The molecule has 0 fully saturated rings. The normalized spacial score (nSPS) is 15.1. The van der Waals surface area contributed by atoms with Gasteiger partial charge in [0, 0.05) is 19.3 Å². The summed E-state index contributed by atoms with van der Waals surface area (Å²) in [6.07, 6.45) is 1.78. The van der Waals surface area contributed by atoms with Crippen LogP contribution in [0, 0.1) is 0 Å². The van der Waals surface area contributed by atoms with E-state index in [1.165, 1.54) is 17.1 Å². The zero-order valence-electron chi connectivity index (χ0n) is 15.8. The van der Waals surface area contributed by atoms with Crippen molar-refractivity contribution in [2.75, 3.05) is 23.5 Å². The summed E-state index contributed by atoms with van der Waals surface area (Å²) in [5.74, 6) is -1.47. The molecular formula is C21H20ClN3O3. The third kappa shape index (κ3) is 3.77. The molecule has 1 aliphatic rings. The SMILES string of the molecule is CCN(C)c1ccc(/C=C2/C(=O)N(c3ccc(Cl)c(C(=O)O)c3)N=C2C)cc1. The van der Waals surface area contributed by atoms with Gasteiger partial charge in [-0.15, -0.1) is 0 Å². The molecule has 1 amide bonds. The smallest absolute Gasteiger partial charge is 0.337 e. The average molecular weight is 398 g/mol. The molecule has 7 heteroatoms. The van der Waals surface area contributed by atoms with E-state index in [9.17, 15) is 14.7 Å². The molecule has 0 aromatic heterocycles. The average Bonchev–Trinajstić information content (AvgIpc) is 2.96. The van der Waals surface area contributed by atoms with Crippen LogP contribution >= 0.6 is 11.6 Å². The maximum Gasteiger partial charge on any atom is 0.337 e. The molecule has 1 N–H and O–H groups in total. The number of benzene rings is 2. The predicted octanol–water partition coefficient (Wildman–Crippen LogP) is 4.30. The number of anilines is 2. The van der Waals surface area contributed by atoms with Crippen molar-refractivity contribution in [1.29, 1.82) is 0 Å². The molecule has 3 rings (SSSR count). The highest BCUT2D eigenvalue weighted by molar-refractivity contribution is 6.34. The fourth-order valence-corrected chi connectivity index (χ4v) is 3.04. The van der Waals surface area contributed by atoms with Crippen molar-refractivity contribution in [2.45, 2.75) is 13.8 Å². The Morgan fingerprint density at radius 1 is 1.25 bits per heavy atom. The molecule has 0 aliphatic carbocycles. The minimum Gasteiger partial charge on any atom is -0.478 e. The molecule has 1 heterocycles. The lowest BCUT2D eigenvalue weighted by molar-refractivity contribution is -0.114. The Labute approximate surface area is 168 Å². The van der Waals surface area contributed by atoms with Crippen LogP contribution in [-0.2, 0) is 4.79 Å².